The summed E-state index contributed by atoms with van der Waals surface area (Å²) in [5.41, 5.74) is 5.42. The summed E-state index contributed by atoms with van der Waals surface area (Å²) in [4.78, 5) is 12.3. The Morgan fingerprint density at radius 1 is 1.39 bits per heavy atom. The number of Topliss-reactive ketones (excluding diaryl/α,β-unsaturated/α-hetero) is 1. The van der Waals surface area contributed by atoms with Crippen LogP contribution in [0.25, 0.3) is 0 Å². The van der Waals surface area contributed by atoms with Crippen LogP contribution < -0.4 is 5.73 Å². The molecule has 1 rings (SSSR count). The third kappa shape index (κ3) is 2.90. The molecular weight excluding hydrogens is 253 g/mol. The van der Waals surface area contributed by atoms with Crippen LogP contribution >= 0.6 is 11.6 Å². The van der Waals surface area contributed by atoms with Crippen molar-refractivity contribution in [3.05, 3.63) is 34.6 Å². The van der Waals surface area contributed by atoms with Crippen molar-refractivity contribution in [1.82, 2.24) is 0 Å². The van der Waals surface area contributed by atoms with Crippen LogP contribution in [-0.4, -0.2) is 12.3 Å². The van der Waals surface area contributed by atoms with Gasteiger partial charge in [0.25, 0.3) is 0 Å². The Hall–Kier alpha value is -0.930. The van der Waals surface area contributed by atoms with Crippen LogP contribution in [0, 0.1) is 11.2 Å². The Kier molecular flexibility index (Phi) is 5.29. The van der Waals surface area contributed by atoms with E-state index in [1.165, 1.54) is 12.1 Å². The van der Waals surface area contributed by atoms with Crippen LogP contribution in [0.5, 0.6) is 0 Å². The third-order valence-electron chi connectivity index (χ3n) is 3.73. The highest BCUT2D eigenvalue weighted by Crippen LogP contribution is 2.30. The molecule has 0 unspecified atom stereocenters. The van der Waals surface area contributed by atoms with Crippen molar-refractivity contribution in [2.24, 2.45) is 11.1 Å². The lowest BCUT2D eigenvalue weighted by atomic mass is 9.76. The SMILES string of the molecule is CCC(CC)(CN)C(=O)Cc1c(F)cccc1Cl. The minimum atomic E-state index is -0.564. The molecule has 1 aromatic carbocycles. The van der Waals surface area contributed by atoms with Crippen molar-refractivity contribution in [2.75, 3.05) is 6.54 Å². The Bertz CT molecular complexity index is 401. The maximum absolute atomic E-state index is 13.6. The van der Waals surface area contributed by atoms with E-state index in [1.807, 2.05) is 13.8 Å². The summed E-state index contributed by atoms with van der Waals surface area (Å²) in [7, 11) is 0. The molecule has 1 aromatic rings. The van der Waals surface area contributed by atoms with E-state index in [-0.39, 0.29) is 24.3 Å². The fraction of sp³-hybridized carbons (Fsp3) is 0.500. The average molecular weight is 272 g/mol. The topological polar surface area (TPSA) is 43.1 Å². The van der Waals surface area contributed by atoms with Crippen LogP contribution in [0.3, 0.4) is 0 Å². The van der Waals surface area contributed by atoms with Crippen molar-refractivity contribution >= 4 is 17.4 Å². The second kappa shape index (κ2) is 6.30. The summed E-state index contributed by atoms with van der Waals surface area (Å²) in [6.45, 7) is 4.14. The number of nitrogens with two attached hydrogens (primary N) is 1. The van der Waals surface area contributed by atoms with Gasteiger partial charge in [0.2, 0.25) is 0 Å². The lowest BCUT2D eigenvalue weighted by Crippen LogP contribution is -2.38. The number of carbonyl (C=O) groups is 1. The lowest BCUT2D eigenvalue weighted by molar-refractivity contribution is -0.128. The summed E-state index contributed by atoms with van der Waals surface area (Å²) < 4.78 is 13.6. The molecular formula is C14H19ClFNO. The van der Waals surface area contributed by atoms with Gasteiger partial charge in [-0.1, -0.05) is 31.5 Å². The Morgan fingerprint density at radius 2 is 2.00 bits per heavy atom. The highest BCUT2D eigenvalue weighted by Gasteiger charge is 2.33. The van der Waals surface area contributed by atoms with Crippen LogP contribution in [0.15, 0.2) is 18.2 Å². The summed E-state index contributed by atoms with van der Waals surface area (Å²) in [5.74, 6) is -0.476. The first kappa shape index (κ1) is 15.1. The first-order valence-electron chi connectivity index (χ1n) is 6.17. The Morgan fingerprint density at radius 3 is 2.44 bits per heavy atom. The summed E-state index contributed by atoms with van der Waals surface area (Å²) in [5, 5.41) is 0.293. The van der Waals surface area contributed by atoms with Gasteiger partial charge in [0, 0.05) is 29.0 Å². The molecule has 2 N–H and O–H groups in total. The molecule has 0 saturated heterocycles. The van der Waals surface area contributed by atoms with E-state index >= 15 is 0 Å². The average Bonchev–Trinajstić information content (AvgIpc) is 2.37. The first-order chi connectivity index (χ1) is 8.50. The van der Waals surface area contributed by atoms with Crippen molar-refractivity contribution in [3.63, 3.8) is 0 Å². The predicted molar refractivity (Wildman–Crippen MR) is 72.2 cm³/mol. The number of ketones is 1. The normalized spacial score (nSPS) is 11.6. The van der Waals surface area contributed by atoms with E-state index in [0.717, 1.165) is 0 Å². The fourth-order valence-electron chi connectivity index (χ4n) is 2.10. The first-order valence-corrected chi connectivity index (χ1v) is 6.54. The maximum Gasteiger partial charge on any atom is 0.144 e. The van der Waals surface area contributed by atoms with Gasteiger partial charge in [0.1, 0.15) is 11.6 Å². The van der Waals surface area contributed by atoms with E-state index in [2.05, 4.69) is 0 Å². The Balaban J connectivity index is 3.00. The quantitative estimate of drug-likeness (QED) is 0.862. The minimum Gasteiger partial charge on any atom is -0.329 e. The molecule has 0 radical (unpaired) electrons. The zero-order valence-electron chi connectivity index (χ0n) is 10.8. The Labute approximate surface area is 112 Å². The highest BCUT2D eigenvalue weighted by atomic mass is 35.5. The van der Waals surface area contributed by atoms with Crippen molar-refractivity contribution in [3.8, 4) is 0 Å². The smallest absolute Gasteiger partial charge is 0.144 e. The molecule has 0 heterocycles. The summed E-state index contributed by atoms with van der Waals surface area (Å²) in [6, 6.07) is 4.44. The molecule has 2 nitrogen and oxygen atoms in total. The van der Waals surface area contributed by atoms with E-state index in [1.54, 1.807) is 6.07 Å². The molecule has 0 fully saturated rings. The van der Waals surface area contributed by atoms with E-state index in [0.29, 0.717) is 17.9 Å². The predicted octanol–water partition coefficient (Wildman–Crippen LogP) is 3.36. The molecule has 0 aliphatic rings. The number of carbonyl (C=O) groups excluding carboxylic acids is 1. The molecule has 18 heavy (non-hydrogen) atoms. The number of benzene rings is 1. The second-order valence-electron chi connectivity index (χ2n) is 4.49. The van der Waals surface area contributed by atoms with Crippen molar-refractivity contribution in [2.45, 2.75) is 33.1 Å². The summed E-state index contributed by atoms with van der Waals surface area (Å²) >= 11 is 5.93. The monoisotopic (exact) mass is 271 g/mol. The number of halogens is 2. The van der Waals surface area contributed by atoms with Crippen LogP contribution in [-0.2, 0) is 11.2 Å². The van der Waals surface area contributed by atoms with Crippen LogP contribution in [0.2, 0.25) is 5.02 Å². The fourth-order valence-corrected chi connectivity index (χ4v) is 2.33. The van der Waals surface area contributed by atoms with Crippen LogP contribution in [0.4, 0.5) is 4.39 Å². The molecule has 0 saturated carbocycles. The zero-order valence-corrected chi connectivity index (χ0v) is 11.6. The molecule has 100 valence electrons. The lowest BCUT2D eigenvalue weighted by Gasteiger charge is -2.28. The standard InChI is InChI=1S/C14H19ClFNO/c1-3-14(4-2,9-17)13(18)8-10-11(15)6-5-7-12(10)16/h5-7H,3-4,8-9,17H2,1-2H3. The highest BCUT2D eigenvalue weighted by molar-refractivity contribution is 6.31. The van der Waals surface area contributed by atoms with E-state index in [9.17, 15) is 9.18 Å². The number of rotatable bonds is 6. The van der Waals surface area contributed by atoms with Gasteiger partial charge in [-0.3, -0.25) is 4.79 Å². The molecule has 0 bridgehead atoms. The van der Waals surface area contributed by atoms with Crippen molar-refractivity contribution in [1.29, 1.82) is 0 Å². The van der Waals surface area contributed by atoms with Gasteiger partial charge in [-0.15, -0.1) is 0 Å². The zero-order chi connectivity index (χ0) is 13.8. The van der Waals surface area contributed by atoms with Gasteiger partial charge < -0.3 is 5.73 Å². The molecule has 0 aliphatic carbocycles. The van der Waals surface area contributed by atoms with Crippen molar-refractivity contribution < 1.29 is 9.18 Å². The molecule has 0 aliphatic heterocycles. The van der Waals surface area contributed by atoms with Gasteiger partial charge in [-0.25, -0.2) is 4.39 Å². The maximum atomic E-state index is 13.6. The van der Waals surface area contributed by atoms with E-state index < -0.39 is 11.2 Å². The second-order valence-corrected chi connectivity index (χ2v) is 4.90. The number of hydrogen-bond acceptors (Lipinski definition) is 2. The summed E-state index contributed by atoms with van der Waals surface area (Å²) in [6.07, 6.45) is 1.32. The molecule has 0 aromatic heterocycles. The van der Waals surface area contributed by atoms with Gasteiger partial charge in [-0.2, -0.15) is 0 Å². The van der Waals surface area contributed by atoms with Gasteiger partial charge in [-0.05, 0) is 25.0 Å². The molecule has 0 atom stereocenters. The van der Waals surface area contributed by atoms with E-state index in [4.69, 9.17) is 17.3 Å². The van der Waals surface area contributed by atoms with Gasteiger partial charge in [0.15, 0.2) is 0 Å². The molecule has 0 spiro atoms. The largest absolute Gasteiger partial charge is 0.329 e. The van der Waals surface area contributed by atoms with Gasteiger partial charge in [0.05, 0.1) is 0 Å². The van der Waals surface area contributed by atoms with Crippen LogP contribution in [0.1, 0.15) is 32.3 Å². The van der Waals surface area contributed by atoms with Gasteiger partial charge >= 0.3 is 0 Å². The minimum absolute atomic E-state index is 0.00435. The number of hydrogen-bond donors (Lipinski definition) is 1. The third-order valence-corrected chi connectivity index (χ3v) is 4.09. The molecule has 0 amide bonds. The molecule has 4 heteroatoms.